The Bertz CT molecular complexity index is 1260. The first-order chi connectivity index (χ1) is 21.5. The highest BCUT2D eigenvalue weighted by Crippen LogP contribution is 2.27. The summed E-state index contributed by atoms with van der Waals surface area (Å²) in [6.07, 6.45) is 5.68. The smallest absolute Gasteiger partial charge is 0.244 e. The van der Waals surface area contributed by atoms with Crippen LogP contribution in [-0.2, 0) is 14.3 Å². The summed E-state index contributed by atoms with van der Waals surface area (Å²) in [4.78, 5) is 28.7. The first kappa shape index (κ1) is 33.4. The Kier molecular flexibility index (Phi) is 13.9. The number of amides is 2. The number of hydrogen-bond acceptors (Lipinski definition) is 5. The van der Waals surface area contributed by atoms with Gasteiger partial charge in [-0.15, -0.1) is 0 Å². The van der Waals surface area contributed by atoms with Crippen LogP contribution in [0.3, 0.4) is 0 Å². The van der Waals surface area contributed by atoms with Gasteiger partial charge in [0.1, 0.15) is 0 Å². The monoisotopic (exact) mass is 616 g/mol. The first-order valence-corrected chi connectivity index (χ1v) is 16.1. The van der Waals surface area contributed by atoms with Gasteiger partial charge in [0.05, 0.1) is 12.6 Å². The molecule has 3 aromatic carbocycles. The largest absolute Gasteiger partial charge is 0.380 e. The fraction of sp³-hybridized carbons (Fsp3) is 0.389. The lowest BCUT2D eigenvalue weighted by molar-refractivity contribution is -0.133. The Morgan fingerprint density at radius 3 is 2.34 bits per heavy atom. The number of ether oxygens (including phenoxy) is 1. The standard InChI is InChI=1S/C36H45ClN4O3/c1-2-24-44-25-22-38-21-19-34-36(43)41(27-33(29-9-5-3-6-10-29)30-11-7-4-8-12-30)23-20-32(40-34)26-39-35(42)18-15-28-13-16-31(37)17-14-28/h3-18,32-34,38,40H,2,19-27H2,1H3,(H,39,42)/b18-15+/t32-,34-/m0/s1. The van der Waals surface area contributed by atoms with Crippen molar-refractivity contribution in [1.29, 1.82) is 0 Å². The molecule has 234 valence electrons. The van der Waals surface area contributed by atoms with Crippen LogP contribution < -0.4 is 16.0 Å². The minimum Gasteiger partial charge on any atom is -0.380 e. The highest BCUT2D eigenvalue weighted by molar-refractivity contribution is 6.30. The summed E-state index contributed by atoms with van der Waals surface area (Å²) in [5.41, 5.74) is 3.27. The fourth-order valence-electron chi connectivity index (χ4n) is 5.42. The van der Waals surface area contributed by atoms with Gasteiger partial charge in [-0.1, -0.05) is 91.3 Å². The Hall–Kier alpha value is -3.49. The van der Waals surface area contributed by atoms with E-state index in [0.717, 1.165) is 31.6 Å². The van der Waals surface area contributed by atoms with E-state index in [1.54, 1.807) is 18.2 Å². The normalized spacial score (nSPS) is 17.2. The van der Waals surface area contributed by atoms with E-state index in [9.17, 15) is 9.59 Å². The molecule has 8 heteroatoms. The van der Waals surface area contributed by atoms with E-state index < -0.39 is 0 Å². The summed E-state index contributed by atoms with van der Waals surface area (Å²) in [5.74, 6) is -0.0138. The molecule has 7 nitrogen and oxygen atoms in total. The van der Waals surface area contributed by atoms with Crippen molar-refractivity contribution in [3.8, 4) is 0 Å². The van der Waals surface area contributed by atoms with Crippen LogP contribution in [0.4, 0.5) is 0 Å². The van der Waals surface area contributed by atoms with E-state index in [1.807, 2.05) is 29.2 Å². The van der Waals surface area contributed by atoms with E-state index in [-0.39, 0.29) is 29.8 Å². The molecule has 0 aromatic heterocycles. The summed E-state index contributed by atoms with van der Waals surface area (Å²) in [6.45, 7) is 6.57. The molecule has 0 radical (unpaired) electrons. The molecule has 0 bridgehead atoms. The molecule has 1 saturated heterocycles. The van der Waals surface area contributed by atoms with Crippen molar-refractivity contribution in [3.63, 3.8) is 0 Å². The van der Waals surface area contributed by atoms with Crippen LogP contribution in [0.5, 0.6) is 0 Å². The Balaban J connectivity index is 1.42. The first-order valence-electron chi connectivity index (χ1n) is 15.7. The van der Waals surface area contributed by atoms with Gasteiger partial charge in [-0.2, -0.15) is 0 Å². The third kappa shape index (κ3) is 10.9. The molecule has 1 heterocycles. The number of nitrogens with one attached hydrogen (secondary N) is 3. The zero-order valence-electron chi connectivity index (χ0n) is 25.6. The van der Waals surface area contributed by atoms with Gasteiger partial charge < -0.3 is 25.6 Å². The number of rotatable bonds is 16. The number of benzene rings is 3. The summed E-state index contributed by atoms with van der Waals surface area (Å²) < 4.78 is 5.58. The highest BCUT2D eigenvalue weighted by atomic mass is 35.5. The topological polar surface area (TPSA) is 82.7 Å². The Morgan fingerprint density at radius 1 is 1.00 bits per heavy atom. The van der Waals surface area contributed by atoms with E-state index in [0.29, 0.717) is 44.2 Å². The predicted molar refractivity (Wildman–Crippen MR) is 179 cm³/mol. The van der Waals surface area contributed by atoms with Crippen molar-refractivity contribution in [2.24, 2.45) is 0 Å². The Labute approximate surface area is 267 Å². The molecule has 1 aliphatic heterocycles. The molecule has 0 aliphatic carbocycles. The molecular weight excluding hydrogens is 572 g/mol. The van der Waals surface area contributed by atoms with Crippen LogP contribution in [-0.4, -0.2) is 74.7 Å². The zero-order valence-corrected chi connectivity index (χ0v) is 26.3. The van der Waals surface area contributed by atoms with Crippen molar-refractivity contribution in [2.45, 2.75) is 44.2 Å². The summed E-state index contributed by atoms with van der Waals surface area (Å²) >= 11 is 5.96. The lowest BCUT2D eigenvalue weighted by Gasteiger charge is -2.29. The number of carbonyl (C=O) groups excluding carboxylic acids is 2. The molecule has 3 aromatic rings. The minimum absolute atomic E-state index is 0.0402. The number of carbonyl (C=O) groups is 2. The quantitative estimate of drug-likeness (QED) is 0.151. The van der Waals surface area contributed by atoms with Crippen LogP contribution in [0.2, 0.25) is 5.02 Å². The van der Waals surface area contributed by atoms with Crippen LogP contribution >= 0.6 is 11.6 Å². The molecule has 1 aliphatic rings. The second-order valence-electron chi connectivity index (χ2n) is 11.1. The molecule has 0 saturated carbocycles. The molecule has 1 fully saturated rings. The van der Waals surface area contributed by atoms with E-state index >= 15 is 0 Å². The SMILES string of the molecule is CCCOCCNCC[C@@H]1N[C@H](CNC(=O)/C=C/c2ccc(Cl)cc2)CCN(CC(c2ccccc2)c2ccccc2)C1=O. The van der Waals surface area contributed by atoms with Crippen LogP contribution in [0.15, 0.2) is 91.0 Å². The molecular formula is C36H45ClN4O3. The maximum absolute atomic E-state index is 14.0. The molecule has 3 N–H and O–H groups in total. The lowest BCUT2D eigenvalue weighted by Crippen LogP contribution is -2.50. The number of nitrogens with zero attached hydrogens (tertiary/aromatic N) is 1. The molecule has 4 rings (SSSR count). The van der Waals surface area contributed by atoms with Gasteiger partial charge in [0.2, 0.25) is 11.8 Å². The van der Waals surface area contributed by atoms with Crippen molar-refractivity contribution in [3.05, 3.63) is 113 Å². The third-order valence-corrected chi connectivity index (χ3v) is 8.05. The van der Waals surface area contributed by atoms with Gasteiger partial charge in [0.25, 0.3) is 0 Å². The summed E-state index contributed by atoms with van der Waals surface area (Å²) in [5, 5.41) is 10.7. The van der Waals surface area contributed by atoms with E-state index in [2.05, 4.69) is 71.4 Å². The van der Waals surface area contributed by atoms with Gasteiger partial charge in [-0.05, 0) is 60.7 Å². The second kappa shape index (κ2) is 18.3. The zero-order chi connectivity index (χ0) is 31.0. The Morgan fingerprint density at radius 2 is 1.68 bits per heavy atom. The van der Waals surface area contributed by atoms with Crippen LogP contribution in [0.25, 0.3) is 6.08 Å². The number of halogens is 1. The van der Waals surface area contributed by atoms with Crippen molar-refractivity contribution < 1.29 is 14.3 Å². The summed E-state index contributed by atoms with van der Waals surface area (Å²) in [7, 11) is 0. The molecule has 0 spiro atoms. The molecule has 44 heavy (non-hydrogen) atoms. The number of hydrogen-bond donors (Lipinski definition) is 3. The second-order valence-corrected chi connectivity index (χ2v) is 11.6. The van der Waals surface area contributed by atoms with Gasteiger partial charge in [0, 0.05) is 55.8 Å². The lowest BCUT2D eigenvalue weighted by atomic mass is 9.90. The maximum Gasteiger partial charge on any atom is 0.244 e. The van der Waals surface area contributed by atoms with Crippen molar-refractivity contribution in [2.75, 3.05) is 45.9 Å². The average molecular weight is 617 g/mol. The van der Waals surface area contributed by atoms with Gasteiger partial charge in [0.15, 0.2) is 0 Å². The summed E-state index contributed by atoms with van der Waals surface area (Å²) in [6, 6.07) is 27.7. The molecule has 0 unspecified atom stereocenters. The van der Waals surface area contributed by atoms with E-state index in [4.69, 9.17) is 16.3 Å². The average Bonchev–Trinajstić information content (AvgIpc) is 3.20. The van der Waals surface area contributed by atoms with Crippen LogP contribution in [0, 0.1) is 0 Å². The fourth-order valence-corrected chi connectivity index (χ4v) is 5.54. The maximum atomic E-state index is 14.0. The molecule has 2 amide bonds. The van der Waals surface area contributed by atoms with Crippen LogP contribution in [0.1, 0.15) is 48.8 Å². The van der Waals surface area contributed by atoms with Gasteiger partial charge >= 0.3 is 0 Å². The minimum atomic E-state index is -0.361. The predicted octanol–water partition coefficient (Wildman–Crippen LogP) is 5.27. The van der Waals surface area contributed by atoms with Gasteiger partial charge in [-0.25, -0.2) is 0 Å². The molecule has 2 atom stereocenters. The van der Waals surface area contributed by atoms with Crippen molar-refractivity contribution in [1.82, 2.24) is 20.9 Å². The van der Waals surface area contributed by atoms with Gasteiger partial charge in [-0.3, -0.25) is 9.59 Å². The van der Waals surface area contributed by atoms with Crippen molar-refractivity contribution >= 4 is 29.5 Å². The third-order valence-electron chi connectivity index (χ3n) is 7.80. The van der Waals surface area contributed by atoms with E-state index in [1.165, 1.54) is 17.2 Å². The highest BCUT2D eigenvalue weighted by Gasteiger charge is 2.32.